The predicted octanol–water partition coefficient (Wildman–Crippen LogP) is 3.31. The molecule has 0 saturated heterocycles. The molecular formula is C19H23F2N3O3S. The van der Waals surface area contributed by atoms with Crippen molar-refractivity contribution in [1.82, 2.24) is 4.31 Å². The average molecular weight is 411 g/mol. The Hall–Kier alpha value is -2.52. The van der Waals surface area contributed by atoms with Gasteiger partial charge in [-0.2, -0.15) is 4.31 Å². The van der Waals surface area contributed by atoms with E-state index in [1.807, 2.05) is 0 Å². The molecule has 0 heterocycles. The number of benzene rings is 2. The lowest BCUT2D eigenvalue weighted by Gasteiger charge is -2.22. The molecule has 0 aromatic heterocycles. The van der Waals surface area contributed by atoms with Crippen LogP contribution >= 0.6 is 0 Å². The van der Waals surface area contributed by atoms with Gasteiger partial charge in [0.15, 0.2) is 0 Å². The minimum absolute atomic E-state index is 0.0221. The second kappa shape index (κ2) is 8.66. The lowest BCUT2D eigenvalue weighted by molar-refractivity contribution is 0.101. The van der Waals surface area contributed by atoms with E-state index in [0.717, 1.165) is 18.2 Å². The van der Waals surface area contributed by atoms with Gasteiger partial charge >= 0.3 is 0 Å². The molecule has 0 unspecified atom stereocenters. The Labute approximate surface area is 163 Å². The molecule has 0 bridgehead atoms. The molecule has 0 saturated carbocycles. The van der Waals surface area contributed by atoms with E-state index in [1.165, 1.54) is 22.5 Å². The fourth-order valence-corrected chi connectivity index (χ4v) is 4.26. The fourth-order valence-electron chi connectivity index (χ4n) is 2.78. The van der Waals surface area contributed by atoms with Gasteiger partial charge in [-0.1, -0.05) is 19.9 Å². The van der Waals surface area contributed by atoms with E-state index >= 15 is 0 Å². The van der Waals surface area contributed by atoms with Crippen molar-refractivity contribution in [2.45, 2.75) is 18.7 Å². The Kier molecular flexibility index (Phi) is 6.73. The first kappa shape index (κ1) is 21.8. The molecule has 28 heavy (non-hydrogen) atoms. The highest BCUT2D eigenvalue weighted by Crippen LogP contribution is 2.30. The zero-order chi connectivity index (χ0) is 21.1. The van der Waals surface area contributed by atoms with E-state index < -0.39 is 33.1 Å². The number of halogens is 2. The van der Waals surface area contributed by atoms with Crippen LogP contribution < -0.4 is 10.2 Å². The van der Waals surface area contributed by atoms with Gasteiger partial charge in [0, 0.05) is 27.2 Å². The maximum absolute atomic E-state index is 13.9. The first-order valence-corrected chi connectivity index (χ1v) is 10.1. The first-order valence-electron chi connectivity index (χ1n) is 8.70. The van der Waals surface area contributed by atoms with Gasteiger partial charge in [0.2, 0.25) is 10.0 Å². The third-order valence-corrected chi connectivity index (χ3v) is 6.28. The highest BCUT2D eigenvalue weighted by atomic mass is 32.2. The molecule has 2 aromatic rings. The molecule has 152 valence electrons. The summed E-state index contributed by atoms with van der Waals surface area (Å²) in [6.45, 7) is 4.02. The number of carbonyl (C=O) groups is 1. The van der Waals surface area contributed by atoms with Crippen LogP contribution in [-0.2, 0) is 10.0 Å². The van der Waals surface area contributed by atoms with Crippen LogP contribution in [0.25, 0.3) is 0 Å². The number of carbonyl (C=O) groups excluding carboxylic acids is 1. The highest BCUT2D eigenvalue weighted by molar-refractivity contribution is 7.89. The van der Waals surface area contributed by atoms with Gasteiger partial charge < -0.3 is 10.2 Å². The minimum atomic E-state index is -3.77. The van der Waals surface area contributed by atoms with Crippen molar-refractivity contribution in [2.24, 2.45) is 0 Å². The molecule has 1 N–H and O–H groups in total. The molecule has 0 aliphatic heterocycles. The molecule has 9 heteroatoms. The first-order chi connectivity index (χ1) is 13.1. The van der Waals surface area contributed by atoms with Crippen molar-refractivity contribution in [3.05, 3.63) is 53.6 Å². The number of nitrogens with zero attached hydrogens (tertiary/aromatic N) is 2. The van der Waals surface area contributed by atoms with Crippen LogP contribution in [0.1, 0.15) is 24.2 Å². The van der Waals surface area contributed by atoms with E-state index in [2.05, 4.69) is 5.32 Å². The Morgan fingerprint density at radius 1 is 1.04 bits per heavy atom. The second-order valence-electron chi connectivity index (χ2n) is 6.21. The summed E-state index contributed by atoms with van der Waals surface area (Å²) in [4.78, 5) is 14.1. The second-order valence-corrected chi connectivity index (χ2v) is 8.15. The van der Waals surface area contributed by atoms with Crippen molar-refractivity contribution in [1.29, 1.82) is 0 Å². The lowest BCUT2D eigenvalue weighted by Crippen LogP contribution is -2.30. The summed E-state index contributed by atoms with van der Waals surface area (Å²) in [7, 11) is -0.364. The maximum Gasteiger partial charge on any atom is 0.261 e. The van der Waals surface area contributed by atoms with E-state index in [1.54, 1.807) is 32.8 Å². The van der Waals surface area contributed by atoms with E-state index in [4.69, 9.17) is 0 Å². The predicted molar refractivity (Wildman–Crippen MR) is 105 cm³/mol. The van der Waals surface area contributed by atoms with Gasteiger partial charge in [0.05, 0.1) is 16.3 Å². The van der Waals surface area contributed by atoms with Crippen molar-refractivity contribution < 1.29 is 22.0 Å². The summed E-state index contributed by atoms with van der Waals surface area (Å²) in [6, 6.07) is 7.37. The van der Waals surface area contributed by atoms with Crippen molar-refractivity contribution in [2.75, 3.05) is 37.4 Å². The summed E-state index contributed by atoms with van der Waals surface area (Å²) in [5.74, 6) is -3.01. The molecule has 0 aliphatic rings. The SMILES string of the molecule is CCN(CC)S(=O)(=O)c1ccc(N(C)C)c(NC(=O)c2c(F)cccc2F)c1. The molecule has 0 aliphatic carbocycles. The third-order valence-electron chi connectivity index (χ3n) is 4.23. The molecule has 0 spiro atoms. The van der Waals surface area contributed by atoms with Gasteiger partial charge in [-0.25, -0.2) is 17.2 Å². The Bertz CT molecular complexity index is 954. The Morgan fingerprint density at radius 3 is 2.11 bits per heavy atom. The van der Waals surface area contributed by atoms with Crippen LogP contribution in [0.4, 0.5) is 20.2 Å². The molecule has 0 fully saturated rings. The highest BCUT2D eigenvalue weighted by Gasteiger charge is 2.24. The largest absolute Gasteiger partial charge is 0.376 e. The van der Waals surface area contributed by atoms with Crippen LogP contribution in [0.2, 0.25) is 0 Å². The number of hydrogen-bond acceptors (Lipinski definition) is 4. The maximum atomic E-state index is 13.9. The van der Waals surface area contributed by atoms with Crippen LogP contribution in [-0.4, -0.2) is 45.8 Å². The lowest BCUT2D eigenvalue weighted by atomic mass is 10.1. The van der Waals surface area contributed by atoms with Crippen LogP contribution in [0, 0.1) is 11.6 Å². The molecule has 1 amide bonds. The zero-order valence-corrected chi connectivity index (χ0v) is 17.0. The number of hydrogen-bond donors (Lipinski definition) is 1. The zero-order valence-electron chi connectivity index (χ0n) is 16.2. The van der Waals surface area contributed by atoms with Crippen molar-refractivity contribution in [3.63, 3.8) is 0 Å². The summed E-state index contributed by atoms with van der Waals surface area (Å²) < 4.78 is 54.7. The number of amides is 1. The van der Waals surface area contributed by atoms with Gasteiger partial charge in [-0.15, -0.1) is 0 Å². The molecule has 6 nitrogen and oxygen atoms in total. The average Bonchev–Trinajstić information content (AvgIpc) is 2.62. The molecule has 0 radical (unpaired) electrons. The number of anilines is 2. The smallest absolute Gasteiger partial charge is 0.261 e. The summed E-state index contributed by atoms with van der Waals surface area (Å²) in [5, 5.41) is 2.43. The van der Waals surface area contributed by atoms with Crippen LogP contribution in [0.15, 0.2) is 41.3 Å². The minimum Gasteiger partial charge on any atom is -0.376 e. The van der Waals surface area contributed by atoms with Crippen molar-refractivity contribution >= 4 is 27.3 Å². The molecular weight excluding hydrogens is 388 g/mol. The number of sulfonamides is 1. The summed E-state index contributed by atoms with van der Waals surface area (Å²) in [5.41, 5.74) is -0.112. The Morgan fingerprint density at radius 2 is 1.61 bits per heavy atom. The van der Waals surface area contributed by atoms with Gasteiger partial charge in [-0.3, -0.25) is 4.79 Å². The van der Waals surface area contributed by atoms with Crippen LogP contribution in [0.3, 0.4) is 0 Å². The fraction of sp³-hybridized carbons (Fsp3) is 0.316. The van der Waals surface area contributed by atoms with E-state index in [0.29, 0.717) is 5.69 Å². The van der Waals surface area contributed by atoms with Crippen molar-refractivity contribution in [3.8, 4) is 0 Å². The van der Waals surface area contributed by atoms with Gasteiger partial charge in [0.1, 0.15) is 17.2 Å². The summed E-state index contributed by atoms with van der Waals surface area (Å²) in [6.07, 6.45) is 0. The quantitative estimate of drug-likeness (QED) is 0.759. The topological polar surface area (TPSA) is 69.7 Å². The summed E-state index contributed by atoms with van der Waals surface area (Å²) >= 11 is 0. The molecule has 0 atom stereocenters. The van der Waals surface area contributed by atoms with Gasteiger partial charge in [0.25, 0.3) is 5.91 Å². The standard InChI is InChI=1S/C19H23F2N3O3S/c1-5-24(6-2)28(26,27)13-10-11-17(23(3)4)16(12-13)22-19(25)18-14(20)8-7-9-15(18)21/h7-12H,5-6H2,1-4H3,(H,22,25). The molecule has 2 aromatic carbocycles. The van der Waals surface area contributed by atoms with Crippen LogP contribution in [0.5, 0.6) is 0 Å². The third kappa shape index (κ3) is 4.31. The van der Waals surface area contributed by atoms with Gasteiger partial charge in [-0.05, 0) is 30.3 Å². The number of nitrogens with one attached hydrogen (secondary N) is 1. The van der Waals surface area contributed by atoms with E-state index in [9.17, 15) is 22.0 Å². The van der Waals surface area contributed by atoms with E-state index in [-0.39, 0.29) is 23.7 Å². The normalized spacial score (nSPS) is 11.5. The molecule has 2 rings (SSSR count). The monoisotopic (exact) mass is 411 g/mol. The number of rotatable bonds is 7. The Balaban J connectivity index is 2.52.